The van der Waals surface area contributed by atoms with Crippen molar-refractivity contribution in [2.75, 3.05) is 20.3 Å². The average Bonchev–Trinajstić information content (AvgIpc) is 3.60. The normalized spacial score (nSPS) is 13.3. The summed E-state index contributed by atoms with van der Waals surface area (Å²) in [7, 11) is 1.66. The summed E-state index contributed by atoms with van der Waals surface area (Å²) in [5, 5.41) is 3.04. The van der Waals surface area contributed by atoms with Crippen LogP contribution < -0.4 is 14.8 Å². The summed E-state index contributed by atoms with van der Waals surface area (Å²) in [6.45, 7) is 2.10. The molecule has 164 valence electrons. The van der Waals surface area contributed by atoms with E-state index in [2.05, 4.69) is 28.1 Å². The molecule has 6 nitrogen and oxygen atoms in total. The van der Waals surface area contributed by atoms with E-state index in [0.29, 0.717) is 12.5 Å². The first-order valence-electron chi connectivity index (χ1n) is 11.2. The lowest BCUT2D eigenvalue weighted by molar-refractivity contribution is -0.122. The maximum atomic E-state index is 11.7. The molecule has 0 radical (unpaired) electrons. The third-order valence-electron chi connectivity index (χ3n) is 5.70. The van der Waals surface area contributed by atoms with Crippen LogP contribution >= 0.6 is 0 Å². The number of hydrogen-bond acceptors (Lipinski definition) is 4. The molecule has 1 aliphatic rings. The molecule has 1 aromatic heterocycles. The molecule has 0 bridgehead atoms. The van der Waals surface area contributed by atoms with Crippen molar-refractivity contribution >= 4 is 16.9 Å². The van der Waals surface area contributed by atoms with Gasteiger partial charge in [-0.05, 0) is 62.1 Å². The summed E-state index contributed by atoms with van der Waals surface area (Å²) >= 11 is 0. The molecule has 1 fully saturated rings. The van der Waals surface area contributed by atoms with Gasteiger partial charge in [0.25, 0.3) is 0 Å². The number of ether oxygens (including phenoxy) is 2. The van der Waals surface area contributed by atoms with E-state index >= 15 is 0 Å². The minimum atomic E-state index is 0.235. The predicted molar refractivity (Wildman–Crippen MR) is 122 cm³/mol. The lowest BCUT2D eigenvalue weighted by Gasteiger charge is -2.11. The fourth-order valence-electron chi connectivity index (χ4n) is 3.78. The Morgan fingerprint density at radius 2 is 1.84 bits per heavy atom. The van der Waals surface area contributed by atoms with Crippen molar-refractivity contribution in [3.8, 4) is 11.5 Å². The fourth-order valence-corrected chi connectivity index (χ4v) is 3.78. The summed E-state index contributed by atoms with van der Waals surface area (Å²) in [4.78, 5) is 16.6. The van der Waals surface area contributed by atoms with Crippen LogP contribution in [0.2, 0.25) is 0 Å². The number of aryl methyl sites for hydroxylation is 1. The molecule has 2 aromatic carbocycles. The number of carbonyl (C=O) groups excluding carboxylic acids is 1. The van der Waals surface area contributed by atoms with E-state index in [-0.39, 0.29) is 5.91 Å². The van der Waals surface area contributed by atoms with E-state index < -0.39 is 0 Å². The smallest absolute Gasteiger partial charge is 0.223 e. The Labute approximate surface area is 183 Å². The predicted octanol–water partition coefficient (Wildman–Crippen LogP) is 4.36. The first-order chi connectivity index (χ1) is 15.2. The molecule has 4 rings (SSSR count). The quantitative estimate of drug-likeness (QED) is 0.441. The number of nitrogens with one attached hydrogen (secondary N) is 1. The summed E-state index contributed by atoms with van der Waals surface area (Å²) in [6.07, 6.45) is 6.19. The van der Waals surface area contributed by atoms with Crippen molar-refractivity contribution in [2.24, 2.45) is 5.92 Å². The van der Waals surface area contributed by atoms with Crippen molar-refractivity contribution < 1.29 is 14.3 Å². The van der Waals surface area contributed by atoms with Crippen LogP contribution in [0.1, 0.15) is 37.9 Å². The molecule has 1 amide bonds. The van der Waals surface area contributed by atoms with Crippen molar-refractivity contribution in [2.45, 2.75) is 45.1 Å². The van der Waals surface area contributed by atoms with Gasteiger partial charge in [0.15, 0.2) is 0 Å². The summed E-state index contributed by atoms with van der Waals surface area (Å²) in [6, 6.07) is 15.9. The Bertz CT molecular complexity index is 993. The summed E-state index contributed by atoms with van der Waals surface area (Å²) in [5.41, 5.74) is 2.17. The molecular weight excluding hydrogens is 390 g/mol. The molecule has 0 saturated heterocycles. The van der Waals surface area contributed by atoms with Crippen LogP contribution in [-0.2, 0) is 17.8 Å². The minimum Gasteiger partial charge on any atom is -0.497 e. The molecule has 0 aliphatic heterocycles. The second-order valence-corrected chi connectivity index (χ2v) is 8.07. The highest BCUT2D eigenvalue weighted by molar-refractivity contribution is 5.80. The molecule has 6 heteroatoms. The van der Waals surface area contributed by atoms with E-state index in [9.17, 15) is 4.79 Å². The lowest BCUT2D eigenvalue weighted by Crippen LogP contribution is -2.25. The van der Waals surface area contributed by atoms with Gasteiger partial charge in [-0.25, -0.2) is 4.98 Å². The van der Waals surface area contributed by atoms with Gasteiger partial charge in [0.05, 0.1) is 24.7 Å². The molecular formula is C25H31N3O3. The molecule has 1 N–H and O–H groups in total. The largest absolute Gasteiger partial charge is 0.497 e. The summed E-state index contributed by atoms with van der Waals surface area (Å²) < 4.78 is 13.4. The standard InChI is InChI=1S/C25H31N3O3/c1-30-20-12-14-21(15-13-20)31-18-17-28-23-8-5-4-7-22(23)27-24(28)9-3-2-6-16-26-25(29)19-10-11-19/h4-5,7-8,12-15,19H,2-3,6,9-11,16-18H2,1H3,(H,26,29). The number of imidazole rings is 1. The first-order valence-corrected chi connectivity index (χ1v) is 11.2. The highest BCUT2D eigenvalue weighted by atomic mass is 16.5. The van der Waals surface area contributed by atoms with Gasteiger partial charge >= 0.3 is 0 Å². The number of nitrogens with zero attached hydrogens (tertiary/aromatic N) is 2. The zero-order chi connectivity index (χ0) is 21.5. The van der Waals surface area contributed by atoms with E-state index in [1.54, 1.807) is 7.11 Å². The van der Waals surface area contributed by atoms with Crippen LogP contribution in [0, 0.1) is 5.92 Å². The van der Waals surface area contributed by atoms with Crippen LogP contribution in [0.4, 0.5) is 0 Å². The molecule has 31 heavy (non-hydrogen) atoms. The third-order valence-corrected chi connectivity index (χ3v) is 5.70. The Balaban J connectivity index is 1.29. The maximum absolute atomic E-state index is 11.7. The van der Waals surface area contributed by atoms with Crippen molar-refractivity contribution in [1.82, 2.24) is 14.9 Å². The molecule has 0 unspecified atom stereocenters. The zero-order valence-corrected chi connectivity index (χ0v) is 18.2. The van der Waals surface area contributed by atoms with Gasteiger partial charge in [-0.15, -0.1) is 0 Å². The van der Waals surface area contributed by atoms with Gasteiger partial charge in [-0.2, -0.15) is 0 Å². The van der Waals surface area contributed by atoms with Gasteiger partial charge in [0.1, 0.15) is 23.9 Å². The minimum absolute atomic E-state index is 0.235. The second kappa shape index (κ2) is 10.3. The van der Waals surface area contributed by atoms with E-state index in [0.717, 1.165) is 80.0 Å². The van der Waals surface area contributed by atoms with E-state index in [1.807, 2.05) is 30.3 Å². The number of carbonyl (C=O) groups is 1. The van der Waals surface area contributed by atoms with Crippen molar-refractivity contribution in [3.05, 3.63) is 54.4 Å². The van der Waals surface area contributed by atoms with Crippen LogP contribution in [-0.4, -0.2) is 35.7 Å². The van der Waals surface area contributed by atoms with Crippen molar-refractivity contribution in [1.29, 1.82) is 0 Å². The number of para-hydroxylation sites is 2. The average molecular weight is 422 g/mol. The highest BCUT2D eigenvalue weighted by Gasteiger charge is 2.28. The number of rotatable bonds is 12. The Morgan fingerprint density at radius 1 is 1.06 bits per heavy atom. The summed E-state index contributed by atoms with van der Waals surface area (Å²) in [5.74, 6) is 3.28. The van der Waals surface area contributed by atoms with E-state index in [4.69, 9.17) is 14.5 Å². The number of benzene rings is 2. The Morgan fingerprint density at radius 3 is 2.61 bits per heavy atom. The van der Waals surface area contributed by atoms with Crippen LogP contribution in [0.25, 0.3) is 11.0 Å². The zero-order valence-electron chi connectivity index (χ0n) is 18.2. The third kappa shape index (κ3) is 5.78. The van der Waals surface area contributed by atoms with Crippen LogP contribution in [0.15, 0.2) is 48.5 Å². The van der Waals surface area contributed by atoms with Gasteiger partial charge in [0, 0.05) is 18.9 Å². The molecule has 3 aromatic rings. The van der Waals surface area contributed by atoms with Gasteiger partial charge < -0.3 is 19.4 Å². The van der Waals surface area contributed by atoms with E-state index in [1.165, 1.54) is 0 Å². The number of aromatic nitrogens is 2. The van der Waals surface area contributed by atoms with Crippen molar-refractivity contribution in [3.63, 3.8) is 0 Å². The van der Waals surface area contributed by atoms with Gasteiger partial charge in [-0.1, -0.05) is 18.6 Å². The molecule has 1 saturated carbocycles. The fraction of sp³-hybridized carbons (Fsp3) is 0.440. The number of unbranched alkanes of at least 4 members (excludes halogenated alkanes) is 2. The van der Waals surface area contributed by atoms with Crippen LogP contribution in [0.3, 0.4) is 0 Å². The molecule has 1 aliphatic carbocycles. The number of hydrogen-bond donors (Lipinski definition) is 1. The SMILES string of the molecule is COc1ccc(OCCn2c(CCCCCNC(=O)C3CC3)nc3ccccc32)cc1. The number of amides is 1. The highest BCUT2D eigenvalue weighted by Crippen LogP contribution is 2.28. The topological polar surface area (TPSA) is 65.4 Å². The van der Waals surface area contributed by atoms with Gasteiger partial charge in [0.2, 0.25) is 5.91 Å². The molecule has 1 heterocycles. The Kier molecular flexibility index (Phi) is 7.07. The lowest BCUT2D eigenvalue weighted by atomic mass is 10.2. The maximum Gasteiger partial charge on any atom is 0.223 e. The van der Waals surface area contributed by atoms with Gasteiger partial charge in [-0.3, -0.25) is 4.79 Å². The molecule has 0 spiro atoms. The monoisotopic (exact) mass is 421 g/mol. The Hall–Kier alpha value is -3.02. The first kappa shape index (κ1) is 21.2. The molecule has 0 atom stereocenters. The van der Waals surface area contributed by atoms with Crippen LogP contribution in [0.5, 0.6) is 11.5 Å². The second-order valence-electron chi connectivity index (χ2n) is 8.07. The number of fused-ring (bicyclic) bond motifs is 1. The number of methoxy groups -OCH3 is 1.